The first kappa shape index (κ1) is 22.6. The maximum Gasteiger partial charge on any atom is 0.329 e. The minimum absolute atomic E-state index is 0.241. The highest BCUT2D eigenvalue weighted by Gasteiger charge is 2.50. The fourth-order valence-electron chi connectivity index (χ4n) is 7.38. The Labute approximate surface area is 207 Å². The van der Waals surface area contributed by atoms with Gasteiger partial charge in [0, 0.05) is 36.7 Å². The highest BCUT2D eigenvalue weighted by molar-refractivity contribution is 6.05. The minimum atomic E-state index is -0.405. The van der Waals surface area contributed by atoms with Gasteiger partial charge in [-0.2, -0.15) is 0 Å². The molecule has 1 aliphatic heterocycles. The summed E-state index contributed by atoms with van der Waals surface area (Å²) in [5.74, 6) is 10.0. The molecular formula is C28H35N5O2. The Morgan fingerprint density at radius 3 is 2.57 bits per heavy atom. The van der Waals surface area contributed by atoms with Crippen molar-refractivity contribution >= 4 is 23.4 Å². The van der Waals surface area contributed by atoms with E-state index in [1.807, 2.05) is 22.7 Å². The summed E-state index contributed by atoms with van der Waals surface area (Å²) in [6.07, 6.45) is 17.1. The topological polar surface area (TPSA) is 78.7 Å². The number of nitrogens with one attached hydrogen (secondary N) is 2. The van der Waals surface area contributed by atoms with Gasteiger partial charge < -0.3 is 5.32 Å². The third-order valence-electron chi connectivity index (χ3n) is 8.57. The summed E-state index contributed by atoms with van der Waals surface area (Å²) in [7, 11) is 0. The molecule has 4 aliphatic carbocycles. The van der Waals surface area contributed by atoms with Gasteiger partial charge in [0.25, 0.3) is 0 Å². The number of rotatable bonds is 7. The number of pyridine rings is 1. The summed E-state index contributed by atoms with van der Waals surface area (Å²) in [4.78, 5) is 29.6. The van der Waals surface area contributed by atoms with Gasteiger partial charge in [-0.1, -0.05) is 18.3 Å². The van der Waals surface area contributed by atoms with Crippen LogP contribution in [0.3, 0.4) is 0 Å². The Morgan fingerprint density at radius 2 is 1.83 bits per heavy atom. The van der Waals surface area contributed by atoms with E-state index >= 15 is 0 Å². The molecular weight excluding hydrogens is 438 g/mol. The molecule has 0 unspecified atom stereocenters. The van der Waals surface area contributed by atoms with E-state index < -0.39 is 6.03 Å². The third-order valence-corrected chi connectivity index (χ3v) is 8.57. The molecule has 3 heterocycles. The monoisotopic (exact) mass is 473 g/mol. The highest BCUT2D eigenvalue weighted by Crippen LogP contribution is 2.55. The van der Waals surface area contributed by atoms with Crippen LogP contribution in [0.15, 0.2) is 24.5 Å². The molecule has 0 spiro atoms. The van der Waals surface area contributed by atoms with Gasteiger partial charge in [0.15, 0.2) is 0 Å². The van der Waals surface area contributed by atoms with Crippen LogP contribution in [-0.2, 0) is 4.79 Å². The molecule has 4 bridgehead atoms. The van der Waals surface area contributed by atoms with Gasteiger partial charge in [0.2, 0.25) is 5.91 Å². The molecule has 2 N–H and O–H groups in total. The zero-order chi connectivity index (χ0) is 23.8. The Kier molecular flexibility index (Phi) is 6.01. The smallest absolute Gasteiger partial charge is 0.311 e. The number of anilines is 1. The SMILES string of the molecule is O=C1CCN(c2cnc3ccc(C#CCCCCCNC45CC6CC(CC(C6)C4)C5)cn23)C(=O)N1. The van der Waals surface area contributed by atoms with Crippen molar-refractivity contribution in [3.05, 3.63) is 30.1 Å². The number of urea groups is 1. The van der Waals surface area contributed by atoms with Crippen LogP contribution in [0.1, 0.15) is 76.2 Å². The van der Waals surface area contributed by atoms with Gasteiger partial charge >= 0.3 is 6.03 Å². The maximum absolute atomic E-state index is 12.2. The molecule has 0 radical (unpaired) electrons. The van der Waals surface area contributed by atoms with E-state index in [1.165, 1.54) is 51.4 Å². The third kappa shape index (κ3) is 4.69. The number of amides is 3. The van der Waals surface area contributed by atoms with Crippen LogP contribution in [0.2, 0.25) is 0 Å². The summed E-state index contributed by atoms with van der Waals surface area (Å²) in [6, 6.07) is 3.47. The van der Waals surface area contributed by atoms with Crippen molar-refractivity contribution in [1.82, 2.24) is 20.0 Å². The van der Waals surface area contributed by atoms with Crippen LogP contribution in [0.5, 0.6) is 0 Å². The number of hydrogen-bond donors (Lipinski definition) is 2. The Bertz CT molecular complexity index is 1150. The zero-order valence-corrected chi connectivity index (χ0v) is 20.4. The summed E-state index contributed by atoms with van der Waals surface area (Å²) < 4.78 is 1.87. The molecule has 4 saturated carbocycles. The summed E-state index contributed by atoms with van der Waals surface area (Å²) in [5, 5.41) is 6.37. The van der Waals surface area contributed by atoms with Crippen LogP contribution in [0, 0.1) is 29.6 Å². The maximum atomic E-state index is 12.2. The number of imidazole rings is 1. The summed E-state index contributed by atoms with van der Waals surface area (Å²) >= 11 is 0. The number of carbonyl (C=O) groups is 2. The lowest BCUT2D eigenvalue weighted by Gasteiger charge is -2.57. The molecule has 3 amide bonds. The molecule has 5 fully saturated rings. The first-order valence-corrected chi connectivity index (χ1v) is 13.4. The molecule has 1 saturated heterocycles. The van der Waals surface area contributed by atoms with Crippen LogP contribution < -0.4 is 15.5 Å². The molecule has 0 aromatic carbocycles. The lowest BCUT2D eigenvalue weighted by molar-refractivity contribution is -0.120. The predicted octanol–water partition coefficient (Wildman–Crippen LogP) is 4.25. The van der Waals surface area contributed by atoms with Gasteiger partial charge in [-0.25, -0.2) is 9.78 Å². The summed E-state index contributed by atoms with van der Waals surface area (Å²) in [6.45, 7) is 1.50. The van der Waals surface area contributed by atoms with Crippen molar-refractivity contribution in [3.63, 3.8) is 0 Å². The number of unbranched alkanes of at least 4 members (excludes halogenated alkanes) is 3. The van der Waals surface area contributed by atoms with Crippen molar-refractivity contribution in [2.45, 2.75) is 76.2 Å². The second-order valence-electron chi connectivity index (χ2n) is 11.3. The van der Waals surface area contributed by atoms with E-state index in [1.54, 1.807) is 11.1 Å². The number of nitrogens with zero attached hydrogens (tertiary/aromatic N) is 3. The van der Waals surface area contributed by atoms with Crippen LogP contribution >= 0.6 is 0 Å². The molecule has 184 valence electrons. The van der Waals surface area contributed by atoms with Crippen LogP contribution in [0.25, 0.3) is 5.65 Å². The molecule has 0 atom stereocenters. The first-order chi connectivity index (χ1) is 17.1. The van der Waals surface area contributed by atoms with Crippen molar-refractivity contribution in [3.8, 4) is 11.8 Å². The molecule has 35 heavy (non-hydrogen) atoms. The van der Waals surface area contributed by atoms with E-state index in [2.05, 4.69) is 27.5 Å². The molecule has 7 rings (SSSR count). The second-order valence-corrected chi connectivity index (χ2v) is 11.3. The minimum Gasteiger partial charge on any atom is -0.311 e. The standard InChI is InChI=1S/C28H35N5O2/c34-25-9-11-32(27(35)31-25)26-18-29-24-8-7-20(19-33(24)26)6-4-2-1-3-5-10-30-28-15-21-12-22(16-28)14-23(13-21)17-28/h7-8,18-19,21-23,30H,1-3,5,9-17H2,(H,31,34,35). The van der Waals surface area contributed by atoms with Crippen molar-refractivity contribution in [2.75, 3.05) is 18.0 Å². The number of fused-ring (bicyclic) bond motifs is 1. The number of aromatic nitrogens is 2. The normalized spacial score (nSPS) is 29.4. The highest BCUT2D eigenvalue weighted by atomic mass is 16.2. The number of hydrogen-bond acceptors (Lipinski definition) is 4. The van der Waals surface area contributed by atoms with E-state index in [0.717, 1.165) is 48.4 Å². The molecule has 5 aliphatic rings. The van der Waals surface area contributed by atoms with E-state index in [-0.39, 0.29) is 12.3 Å². The lowest BCUT2D eigenvalue weighted by Crippen LogP contribution is -2.58. The first-order valence-electron chi connectivity index (χ1n) is 13.4. The van der Waals surface area contributed by atoms with Gasteiger partial charge in [-0.05, 0) is 87.8 Å². The number of imide groups is 1. The van der Waals surface area contributed by atoms with Crippen LogP contribution in [-0.4, -0.2) is 40.0 Å². The number of carbonyl (C=O) groups excluding carboxylic acids is 2. The molecule has 7 heteroatoms. The zero-order valence-electron chi connectivity index (χ0n) is 20.4. The summed E-state index contributed by atoms with van der Waals surface area (Å²) in [5.41, 5.74) is 2.12. The molecule has 2 aromatic heterocycles. The van der Waals surface area contributed by atoms with E-state index in [9.17, 15) is 9.59 Å². The molecule has 7 nitrogen and oxygen atoms in total. The Hall–Kier alpha value is -2.85. The fourth-order valence-corrected chi connectivity index (χ4v) is 7.38. The lowest BCUT2D eigenvalue weighted by atomic mass is 9.53. The fraction of sp³-hybridized carbons (Fsp3) is 0.607. The average Bonchev–Trinajstić information content (AvgIpc) is 3.23. The predicted molar refractivity (Wildman–Crippen MR) is 135 cm³/mol. The Morgan fingerprint density at radius 1 is 1.06 bits per heavy atom. The molecule has 2 aromatic rings. The second kappa shape index (κ2) is 9.31. The largest absolute Gasteiger partial charge is 0.329 e. The van der Waals surface area contributed by atoms with Crippen molar-refractivity contribution < 1.29 is 9.59 Å². The average molecular weight is 474 g/mol. The van der Waals surface area contributed by atoms with E-state index in [4.69, 9.17) is 0 Å². The van der Waals surface area contributed by atoms with Gasteiger partial charge in [-0.3, -0.25) is 19.4 Å². The van der Waals surface area contributed by atoms with Gasteiger partial charge in [-0.15, -0.1) is 0 Å². The van der Waals surface area contributed by atoms with Crippen LogP contribution in [0.4, 0.5) is 10.6 Å². The van der Waals surface area contributed by atoms with Gasteiger partial charge in [0.1, 0.15) is 11.5 Å². The quantitative estimate of drug-likeness (QED) is 0.466. The van der Waals surface area contributed by atoms with E-state index in [0.29, 0.717) is 17.9 Å². The van der Waals surface area contributed by atoms with Crippen molar-refractivity contribution in [1.29, 1.82) is 0 Å². The Balaban J connectivity index is 0.976. The van der Waals surface area contributed by atoms with Crippen molar-refractivity contribution in [2.24, 2.45) is 17.8 Å². The van der Waals surface area contributed by atoms with Gasteiger partial charge in [0.05, 0.1) is 6.20 Å².